The number of carbonyl (C=O) groups is 2. The minimum Gasteiger partial charge on any atom is -0.466 e. The lowest BCUT2D eigenvalue weighted by Crippen LogP contribution is -2.45. The fourth-order valence-corrected chi connectivity index (χ4v) is 9.02. The number of allylic oxidation sites excluding steroid dienone is 4. The predicted octanol–water partition coefficient (Wildman–Crippen LogP) is 17.9. The molecule has 0 bridgehead atoms. The molecule has 0 heterocycles. The maximum Gasteiger partial charge on any atom is 0.305 e. The minimum atomic E-state index is -0.669. The largest absolute Gasteiger partial charge is 0.466 e. The summed E-state index contributed by atoms with van der Waals surface area (Å²) in [5.74, 6) is -0.0448. The topological polar surface area (TPSA) is 95.9 Å². The van der Waals surface area contributed by atoms with Crippen molar-refractivity contribution in [2.24, 2.45) is 0 Å². The number of nitrogens with one attached hydrogen (secondary N) is 1. The molecule has 0 fully saturated rings. The SMILES string of the molecule is CCCCC/C=C\C/C=C\CCCCCCCCCC(=O)OCCCCCCCCCCCCCCCCCCC(=O)NC(CO)C(O)CCCCCCCCCCCCCCCCC. The molecule has 6 nitrogen and oxygen atoms in total. The molecule has 2 atom stereocenters. The van der Waals surface area contributed by atoms with E-state index in [9.17, 15) is 19.8 Å². The summed E-state index contributed by atoms with van der Waals surface area (Å²) in [7, 11) is 0. The number of carbonyl (C=O) groups excluding carboxylic acids is 2. The number of aliphatic hydroxyl groups is 2. The van der Waals surface area contributed by atoms with Crippen molar-refractivity contribution >= 4 is 11.9 Å². The number of aliphatic hydroxyl groups excluding tert-OH is 2. The summed E-state index contributed by atoms with van der Waals surface area (Å²) in [6.07, 6.45) is 65.9. The van der Waals surface area contributed by atoms with Gasteiger partial charge in [-0.3, -0.25) is 9.59 Å². The third kappa shape index (κ3) is 51.6. The standard InChI is InChI=1S/C59H113NO5/c1-3-5-7-9-11-13-15-17-19-20-25-29-33-37-41-45-49-53-59(64)65-54-50-46-42-38-34-30-26-22-21-24-28-32-36-40-44-48-52-58(63)60-56(55-61)57(62)51-47-43-39-35-31-27-23-18-16-14-12-10-8-6-4-2/h11,13,17,19,56-57,61-62H,3-10,12,14-16,18,20-55H2,1-2H3,(H,60,63)/b13-11-,19-17-. The Morgan fingerprint density at radius 1 is 0.431 bits per heavy atom. The van der Waals surface area contributed by atoms with Gasteiger partial charge in [0.1, 0.15) is 0 Å². The van der Waals surface area contributed by atoms with E-state index in [0.717, 1.165) is 51.4 Å². The molecule has 0 radical (unpaired) electrons. The molecule has 0 saturated carbocycles. The first kappa shape index (κ1) is 63.3. The van der Waals surface area contributed by atoms with Crippen molar-refractivity contribution in [3.63, 3.8) is 0 Å². The van der Waals surface area contributed by atoms with Crippen LogP contribution >= 0.6 is 0 Å². The first-order valence-electron chi connectivity index (χ1n) is 29.1. The second kappa shape index (κ2) is 54.9. The second-order valence-electron chi connectivity index (χ2n) is 20.0. The van der Waals surface area contributed by atoms with E-state index in [4.69, 9.17) is 4.74 Å². The van der Waals surface area contributed by atoms with Crippen LogP contribution in [0.5, 0.6) is 0 Å². The van der Waals surface area contributed by atoms with E-state index in [1.165, 1.54) is 231 Å². The quantitative estimate of drug-likeness (QED) is 0.0321. The van der Waals surface area contributed by atoms with E-state index in [2.05, 4.69) is 43.5 Å². The van der Waals surface area contributed by atoms with E-state index in [-0.39, 0.29) is 18.5 Å². The average molecular weight is 917 g/mol. The number of hydrogen-bond donors (Lipinski definition) is 3. The Morgan fingerprint density at radius 3 is 1.20 bits per heavy atom. The molecule has 1 amide bonds. The lowest BCUT2D eigenvalue weighted by molar-refractivity contribution is -0.143. The van der Waals surface area contributed by atoms with Gasteiger partial charge in [0.15, 0.2) is 0 Å². The average Bonchev–Trinajstić information content (AvgIpc) is 3.31. The summed E-state index contributed by atoms with van der Waals surface area (Å²) < 4.78 is 5.48. The maximum absolute atomic E-state index is 12.5. The molecule has 6 heteroatoms. The molecule has 65 heavy (non-hydrogen) atoms. The highest BCUT2D eigenvalue weighted by Gasteiger charge is 2.20. The Balaban J connectivity index is 3.42. The van der Waals surface area contributed by atoms with Crippen LogP contribution in [0, 0.1) is 0 Å². The molecule has 3 N–H and O–H groups in total. The van der Waals surface area contributed by atoms with E-state index in [1.54, 1.807) is 0 Å². The molecule has 0 aliphatic heterocycles. The zero-order chi connectivity index (χ0) is 47.2. The monoisotopic (exact) mass is 916 g/mol. The first-order chi connectivity index (χ1) is 32.0. The molecule has 0 rings (SSSR count). The summed E-state index contributed by atoms with van der Waals surface area (Å²) in [6.45, 7) is 4.92. The molecule has 0 saturated heterocycles. The van der Waals surface area contributed by atoms with Gasteiger partial charge in [0.25, 0.3) is 0 Å². The van der Waals surface area contributed by atoms with Gasteiger partial charge in [-0.1, -0.05) is 269 Å². The molecule has 2 unspecified atom stereocenters. The van der Waals surface area contributed by atoms with Gasteiger partial charge < -0.3 is 20.3 Å². The zero-order valence-electron chi connectivity index (χ0n) is 43.7. The highest BCUT2D eigenvalue weighted by atomic mass is 16.5. The fourth-order valence-electron chi connectivity index (χ4n) is 9.02. The van der Waals surface area contributed by atoms with Crippen LogP contribution in [-0.2, 0) is 14.3 Å². The van der Waals surface area contributed by atoms with Gasteiger partial charge in [-0.05, 0) is 57.8 Å². The number of rotatable bonds is 54. The van der Waals surface area contributed by atoms with Gasteiger partial charge in [-0.15, -0.1) is 0 Å². The van der Waals surface area contributed by atoms with Gasteiger partial charge in [0.05, 0.1) is 25.4 Å². The van der Waals surface area contributed by atoms with Gasteiger partial charge >= 0.3 is 5.97 Å². The minimum absolute atomic E-state index is 0.00419. The highest BCUT2D eigenvalue weighted by molar-refractivity contribution is 5.76. The smallest absolute Gasteiger partial charge is 0.305 e. The zero-order valence-corrected chi connectivity index (χ0v) is 43.7. The molecule has 0 aromatic heterocycles. The number of ether oxygens (including phenoxy) is 1. The van der Waals surface area contributed by atoms with Crippen LogP contribution < -0.4 is 5.32 Å². The molecular formula is C59H113NO5. The fraction of sp³-hybridized carbons (Fsp3) is 0.898. The van der Waals surface area contributed by atoms with Gasteiger partial charge in [-0.25, -0.2) is 0 Å². The second-order valence-corrected chi connectivity index (χ2v) is 20.0. The third-order valence-electron chi connectivity index (χ3n) is 13.5. The third-order valence-corrected chi connectivity index (χ3v) is 13.5. The van der Waals surface area contributed by atoms with E-state index in [0.29, 0.717) is 25.9 Å². The Kier molecular flexibility index (Phi) is 53.5. The van der Waals surface area contributed by atoms with Crippen LogP contribution in [0.1, 0.15) is 316 Å². The van der Waals surface area contributed by atoms with Crippen molar-refractivity contribution in [3.05, 3.63) is 24.3 Å². The molecule has 0 aliphatic carbocycles. The lowest BCUT2D eigenvalue weighted by Gasteiger charge is -2.22. The molecule has 0 spiro atoms. The maximum atomic E-state index is 12.5. The van der Waals surface area contributed by atoms with Crippen molar-refractivity contribution in [1.82, 2.24) is 5.32 Å². The normalized spacial score (nSPS) is 12.7. The van der Waals surface area contributed by atoms with Crippen molar-refractivity contribution in [2.75, 3.05) is 13.2 Å². The van der Waals surface area contributed by atoms with E-state index >= 15 is 0 Å². The summed E-state index contributed by atoms with van der Waals surface area (Å²) in [6, 6.07) is -0.546. The molecule has 0 aromatic rings. The van der Waals surface area contributed by atoms with Crippen LogP contribution in [0.3, 0.4) is 0 Å². The number of hydrogen-bond acceptors (Lipinski definition) is 5. The summed E-state index contributed by atoms with van der Waals surface area (Å²) in [5, 5.41) is 23.3. The van der Waals surface area contributed by atoms with Crippen molar-refractivity contribution in [3.8, 4) is 0 Å². The Hall–Kier alpha value is -1.66. The summed E-state index contributed by atoms with van der Waals surface area (Å²) in [5.41, 5.74) is 0. The van der Waals surface area contributed by atoms with Crippen LogP contribution in [0.15, 0.2) is 24.3 Å². The number of esters is 1. The van der Waals surface area contributed by atoms with Crippen molar-refractivity contribution < 1.29 is 24.5 Å². The molecule has 0 aliphatic rings. The number of amides is 1. The van der Waals surface area contributed by atoms with Gasteiger partial charge in [0.2, 0.25) is 5.91 Å². The predicted molar refractivity (Wildman–Crippen MR) is 283 cm³/mol. The lowest BCUT2D eigenvalue weighted by atomic mass is 10.0. The van der Waals surface area contributed by atoms with Crippen LogP contribution in [0.4, 0.5) is 0 Å². The Bertz CT molecular complexity index is 1010. The Labute approximate surface area is 405 Å². The summed E-state index contributed by atoms with van der Waals surface area (Å²) >= 11 is 0. The molecule has 384 valence electrons. The van der Waals surface area contributed by atoms with Crippen molar-refractivity contribution in [2.45, 2.75) is 328 Å². The van der Waals surface area contributed by atoms with Crippen molar-refractivity contribution in [1.29, 1.82) is 0 Å². The number of unbranched alkanes of at least 4 members (excludes halogenated alkanes) is 39. The summed E-state index contributed by atoms with van der Waals surface area (Å²) in [4.78, 5) is 24.5. The van der Waals surface area contributed by atoms with Gasteiger partial charge in [-0.2, -0.15) is 0 Å². The Morgan fingerprint density at radius 2 is 0.769 bits per heavy atom. The van der Waals surface area contributed by atoms with Gasteiger partial charge in [0, 0.05) is 12.8 Å². The van der Waals surface area contributed by atoms with Crippen LogP contribution in [-0.4, -0.2) is 47.4 Å². The van der Waals surface area contributed by atoms with E-state index < -0.39 is 12.1 Å². The van der Waals surface area contributed by atoms with E-state index in [1.807, 2.05) is 0 Å². The first-order valence-corrected chi connectivity index (χ1v) is 29.1. The molecule has 0 aromatic carbocycles. The van der Waals surface area contributed by atoms with Crippen LogP contribution in [0.2, 0.25) is 0 Å². The van der Waals surface area contributed by atoms with Crippen LogP contribution in [0.25, 0.3) is 0 Å². The molecular weight excluding hydrogens is 803 g/mol. The highest BCUT2D eigenvalue weighted by Crippen LogP contribution is 2.17.